The van der Waals surface area contributed by atoms with Crippen LogP contribution in [0.5, 0.6) is 0 Å². The highest BCUT2D eigenvalue weighted by molar-refractivity contribution is 5.93. The number of nitrogens with one attached hydrogen (secondary N) is 2. The quantitative estimate of drug-likeness (QED) is 0.725. The number of carbonyl (C=O) groups excluding carboxylic acids is 1. The van der Waals surface area contributed by atoms with E-state index in [1.54, 1.807) is 6.20 Å². The number of aromatic amines is 1. The molecule has 1 aromatic carbocycles. The van der Waals surface area contributed by atoms with Gasteiger partial charge in [-0.1, -0.05) is 12.1 Å². The lowest BCUT2D eigenvalue weighted by molar-refractivity contribution is -0.121. The van der Waals surface area contributed by atoms with Crippen molar-refractivity contribution in [2.75, 3.05) is 5.32 Å². The van der Waals surface area contributed by atoms with Crippen LogP contribution in [0.4, 0.5) is 5.82 Å². The number of rotatable bonds is 6. The number of pyridine rings is 1. The van der Waals surface area contributed by atoms with E-state index in [9.17, 15) is 4.79 Å². The molecule has 1 atom stereocenters. The van der Waals surface area contributed by atoms with Gasteiger partial charge in [0.2, 0.25) is 5.91 Å². The molecule has 128 valence electrons. The van der Waals surface area contributed by atoms with Crippen LogP contribution in [0.1, 0.15) is 25.3 Å². The van der Waals surface area contributed by atoms with Crippen LogP contribution in [0.25, 0.3) is 10.9 Å². The number of aromatic nitrogens is 2. The number of anilines is 1. The molecule has 2 heterocycles. The molecule has 0 spiro atoms. The molecule has 25 heavy (non-hydrogen) atoms. The van der Waals surface area contributed by atoms with Gasteiger partial charge in [-0.3, -0.25) is 9.69 Å². The van der Waals surface area contributed by atoms with Gasteiger partial charge in [0.25, 0.3) is 0 Å². The third-order valence-corrected chi connectivity index (χ3v) is 4.79. The Labute approximate surface area is 147 Å². The van der Waals surface area contributed by atoms with Crippen molar-refractivity contribution in [3.8, 4) is 0 Å². The second kappa shape index (κ2) is 6.69. The smallest absolute Gasteiger partial charge is 0.242 e. The predicted octanol–water partition coefficient (Wildman–Crippen LogP) is 3.55. The maximum Gasteiger partial charge on any atom is 0.242 e. The zero-order chi connectivity index (χ0) is 17.2. The Balaban J connectivity index is 1.49. The number of fused-ring (bicyclic) bond motifs is 1. The first kappa shape index (κ1) is 15.8. The third-order valence-electron chi connectivity index (χ3n) is 4.79. The molecule has 2 N–H and O–H groups in total. The molecule has 5 heteroatoms. The van der Waals surface area contributed by atoms with Gasteiger partial charge >= 0.3 is 0 Å². The highest BCUT2D eigenvalue weighted by Crippen LogP contribution is 2.31. The average Bonchev–Trinajstić information content (AvgIpc) is 3.37. The Morgan fingerprint density at radius 1 is 1.32 bits per heavy atom. The fraction of sp³-hybridized carbons (Fsp3) is 0.300. The summed E-state index contributed by atoms with van der Waals surface area (Å²) in [5, 5.41) is 4.13. The SMILES string of the molecule is CC(C(=O)Nc1ccccn1)N(Cc1ccc2[nH]ccc2c1)C1CC1. The van der Waals surface area contributed by atoms with E-state index in [0.717, 1.165) is 24.9 Å². The molecule has 1 aliphatic rings. The summed E-state index contributed by atoms with van der Waals surface area (Å²) >= 11 is 0. The van der Waals surface area contributed by atoms with Crippen molar-refractivity contribution in [3.05, 3.63) is 60.4 Å². The second-order valence-corrected chi connectivity index (χ2v) is 6.68. The molecule has 0 radical (unpaired) electrons. The van der Waals surface area contributed by atoms with E-state index >= 15 is 0 Å². The molecule has 2 aromatic heterocycles. The highest BCUT2D eigenvalue weighted by atomic mass is 16.2. The van der Waals surface area contributed by atoms with Crippen LogP contribution in [0, 0.1) is 0 Å². The molecule has 3 aromatic rings. The van der Waals surface area contributed by atoms with Crippen molar-refractivity contribution in [1.29, 1.82) is 0 Å². The molecular formula is C20H22N4O. The van der Waals surface area contributed by atoms with E-state index < -0.39 is 0 Å². The number of H-pyrrole nitrogens is 1. The number of hydrogen-bond acceptors (Lipinski definition) is 3. The standard InChI is InChI=1S/C20H22N4O/c1-14(20(25)23-19-4-2-3-10-22-19)24(17-6-7-17)13-15-5-8-18-16(12-15)9-11-21-18/h2-5,8-12,14,17,21H,6-7,13H2,1H3,(H,22,23,25). The summed E-state index contributed by atoms with van der Waals surface area (Å²) in [6, 6.07) is 14.3. The Morgan fingerprint density at radius 2 is 2.20 bits per heavy atom. The minimum absolute atomic E-state index is 0.00618. The molecule has 0 saturated heterocycles. The van der Waals surface area contributed by atoms with Crippen molar-refractivity contribution in [2.24, 2.45) is 0 Å². The van der Waals surface area contributed by atoms with Crippen molar-refractivity contribution in [2.45, 2.75) is 38.4 Å². The third kappa shape index (κ3) is 3.56. The molecule has 1 aliphatic carbocycles. The molecular weight excluding hydrogens is 312 g/mol. The van der Waals surface area contributed by atoms with Crippen molar-refractivity contribution in [3.63, 3.8) is 0 Å². The summed E-state index contributed by atoms with van der Waals surface area (Å²) in [6.07, 6.45) is 5.96. The fourth-order valence-electron chi connectivity index (χ4n) is 3.22. The molecule has 5 nitrogen and oxygen atoms in total. The second-order valence-electron chi connectivity index (χ2n) is 6.68. The molecule has 1 saturated carbocycles. The van der Waals surface area contributed by atoms with Gasteiger partial charge in [-0.05, 0) is 61.0 Å². The van der Waals surface area contributed by atoms with Crippen LogP contribution < -0.4 is 5.32 Å². The first-order valence-electron chi connectivity index (χ1n) is 8.74. The van der Waals surface area contributed by atoms with Gasteiger partial charge in [0.15, 0.2) is 0 Å². The molecule has 1 unspecified atom stereocenters. The summed E-state index contributed by atoms with van der Waals surface area (Å²) in [4.78, 5) is 22.3. The van der Waals surface area contributed by atoms with Crippen molar-refractivity contribution >= 4 is 22.6 Å². The number of nitrogens with zero attached hydrogens (tertiary/aromatic N) is 2. The van der Waals surface area contributed by atoms with Gasteiger partial charge in [-0.2, -0.15) is 0 Å². The predicted molar refractivity (Wildman–Crippen MR) is 99.2 cm³/mol. The molecule has 0 bridgehead atoms. The number of carbonyl (C=O) groups is 1. The fourth-order valence-corrected chi connectivity index (χ4v) is 3.22. The largest absolute Gasteiger partial charge is 0.361 e. The van der Waals surface area contributed by atoms with Gasteiger partial charge in [-0.25, -0.2) is 4.98 Å². The number of hydrogen-bond donors (Lipinski definition) is 2. The van der Waals surface area contributed by atoms with E-state index in [4.69, 9.17) is 0 Å². The summed E-state index contributed by atoms with van der Waals surface area (Å²) in [6.45, 7) is 2.76. The van der Waals surface area contributed by atoms with E-state index in [-0.39, 0.29) is 11.9 Å². The Bertz CT molecular complexity index is 870. The Hall–Kier alpha value is -2.66. The normalized spacial score (nSPS) is 15.4. The topological polar surface area (TPSA) is 61.0 Å². The first-order valence-corrected chi connectivity index (χ1v) is 8.74. The summed E-state index contributed by atoms with van der Waals surface area (Å²) < 4.78 is 0. The van der Waals surface area contributed by atoms with E-state index in [1.807, 2.05) is 31.3 Å². The van der Waals surface area contributed by atoms with Crippen molar-refractivity contribution < 1.29 is 4.79 Å². The average molecular weight is 334 g/mol. The van der Waals surface area contributed by atoms with Gasteiger partial charge in [-0.15, -0.1) is 0 Å². The zero-order valence-electron chi connectivity index (χ0n) is 14.3. The monoisotopic (exact) mass is 334 g/mol. The molecule has 1 amide bonds. The first-order chi connectivity index (χ1) is 12.2. The van der Waals surface area contributed by atoms with Gasteiger partial charge < -0.3 is 10.3 Å². The van der Waals surface area contributed by atoms with Crippen LogP contribution in [0.3, 0.4) is 0 Å². The van der Waals surface area contributed by atoms with Crippen LogP contribution in [0.15, 0.2) is 54.9 Å². The molecule has 0 aliphatic heterocycles. The Kier molecular flexibility index (Phi) is 4.24. The summed E-state index contributed by atoms with van der Waals surface area (Å²) in [7, 11) is 0. The lowest BCUT2D eigenvalue weighted by Gasteiger charge is -2.28. The molecule has 4 rings (SSSR count). The van der Waals surface area contributed by atoms with Crippen LogP contribution in [0.2, 0.25) is 0 Å². The van der Waals surface area contributed by atoms with Gasteiger partial charge in [0, 0.05) is 30.5 Å². The maximum atomic E-state index is 12.6. The number of benzene rings is 1. The summed E-state index contributed by atoms with van der Waals surface area (Å²) in [5.74, 6) is 0.595. The van der Waals surface area contributed by atoms with Gasteiger partial charge in [0.1, 0.15) is 5.82 Å². The lowest BCUT2D eigenvalue weighted by atomic mass is 10.1. The molecule has 1 fully saturated rings. The van der Waals surface area contributed by atoms with Gasteiger partial charge in [0.05, 0.1) is 6.04 Å². The van der Waals surface area contributed by atoms with Crippen molar-refractivity contribution in [1.82, 2.24) is 14.9 Å². The minimum atomic E-state index is -0.198. The maximum absolute atomic E-state index is 12.6. The van der Waals surface area contributed by atoms with E-state index in [2.05, 4.69) is 44.5 Å². The zero-order valence-corrected chi connectivity index (χ0v) is 14.3. The van der Waals surface area contributed by atoms with E-state index in [0.29, 0.717) is 11.9 Å². The van der Waals surface area contributed by atoms with Crippen LogP contribution >= 0.6 is 0 Å². The minimum Gasteiger partial charge on any atom is -0.361 e. The van der Waals surface area contributed by atoms with E-state index in [1.165, 1.54) is 10.9 Å². The summed E-state index contributed by atoms with van der Waals surface area (Å²) in [5.41, 5.74) is 2.37. The van der Waals surface area contributed by atoms with Crippen LogP contribution in [-0.2, 0) is 11.3 Å². The number of amides is 1. The van der Waals surface area contributed by atoms with Crippen LogP contribution in [-0.4, -0.2) is 32.9 Å². The Morgan fingerprint density at radius 3 is 2.96 bits per heavy atom. The highest BCUT2D eigenvalue weighted by Gasteiger charge is 2.35. The lowest BCUT2D eigenvalue weighted by Crippen LogP contribution is -2.43.